The van der Waals surface area contributed by atoms with E-state index in [1.54, 1.807) is 6.20 Å². The van der Waals surface area contributed by atoms with E-state index in [2.05, 4.69) is 14.9 Å². The molecule has 2 atom stereocenters. The molecule has 20 heavy (non-hydrogen) atoms. The van der Waals surface area contributed by atoms with Crippen LogP contribution in [0, 0.1) is 0 Å². The van der Waals surface area contributed by atoms with Crippen molar-refractivity contribution in [3.63, 3.8) is 0 Å². The number of hydrogen-bond donors (Lipinski definition) is 2. The summed E-state index contributed by atoms with van der Waals surface area (Å²) in [5, 5.41) is 10.2. The van der Waals surface area contributed by atoms with Crippen LogP contribution in [0.15, 0.2) is 12.4 Å². The lowest BCUT2D eigenvalue weighted by Gasteiger charge is -2.25. The molecule has 3 heterocycles. The van der Waals surface area contributed by atoms with Crippen LogP contribution in [-0.4, -0.2) is 64.2 Å². The van der Waals surface area contributed by atoms with Crippen molar-refractivity contribution in [1.29, 1.82) is 0 Å². The zero-order chi connectivity index (χ0) is 14.1. The summed E-state index contributed by atoms with van der Waals surface area (Å²) in [7, 11) is 0. The first kappa shape index (κ1) is 13.3. The molecule has 1 aromatic heterocycles. The summed E-state index contributed by atoms with van der Waals surface area (Å²) in [6.07, 6.45) is 4.95. The van der Waals surface area contributed by atoms with Crippen LogP contribution in [0.1, 0.15) is 23.3 Å². The number of β-amino-alcohol motifs (C(OH)–C–C–N with tert-alkyl or cyclic N) is 1. The average Bonchev–Trinajstić information content (AvgIpc) is 3.07. The Morgan fingerprint density at radius 3 is 2.75 bits per heavy atom. The largest absolute Gasteiger partial charge is 0.390 e. The number of amides is 1. The molecule has 7 nitrogen and oxygen atoms in total. The van der Waals surface area contributed by atoms with Crippen LogP contribution in [0.4, 0.5) is 5.82 Å². The summed E-state index contributed by atoms with van der Waals surface area (Å²) >= 11 is 0. The van der Waals surface area contributed by atoms with E-state index in [0.29, 0.717) is 18.9 Å². The van der Waals surface area contributed by atoms with Gasteiger partial charge in [-0.25, -0.2) is 4.98 Å². The maximum atomic E-state index is 11.1. The van der Waals surface area contributed by atoms with E-state index in [1.807, 2.05) is 4.90 Å². The molecule has 2 saturated heterocycles. The summed E-state index contributed by atoms with van der Waals surface area (Å²) in [4.78, 5) is 23.7. The number of primary amides is 1. The topological polar surface area (TPSA) is 95.6 Å². The number of carbonyl (C=O) groups is 1. The first-order chi connectivity index (χ1) is 9.65. The number of rotatable bonds is 3. The Hall–Kier alpha value is -1.73. The highest BCUT2D eigenvalue weighted by Crippen LogP contribution is 2.24. The van der Waals surface area contributed by atoms with Gasteiger partial charge in [0.25, 0.3) is 5.91 Å². The van der Waals surface area contributed by atoms with Crippen molar-refractivity contribution in [3.05, 3.63) is 18.1 Å². The normalized spacial score (nSPS) is 27.1. The van der Waals surface area contributed by atoms with Gasteiger partial charge in [-0.15, -0.1) is 0 Å². The second kappa shape index (κ2) is 5.34. The Bertz CT molecular complexity index is 503. The van der Waals surface area contributed by atoms with Crippen molar-refractivity contribution in [2.24, 2.45) is 5.73 Å². The van der Waals surface area contributed by atoms with E-state index in [-0.39, 0.29) is 11.7 Å². The van der Waals surface area contributed by atoms with Gasteiger partial charge >= 0.3 is 0 Å². The quantitative estimate of drug-likeness (QED) is 0.752. The summed E-state index contributed by atoms with van der Waals surface area (Å²) < 4.78 is 0. The average molecular weight is 277 g/mol. The Kier molecular flexibility index (Phi) is 3.54. The maximum absolute atomic E-state index is 11.1. The molecule has 0 radical (unpaired) electrons. The van der Waals surface area contributed by atoms with Gasteiger partial charge in [-0.05, 0) is 25.9 Å². The van der Waals surface area contributed by atoms with Crippen LogP contribution >= 0.6 is 0 Å². The molecule has 3 rings (SSSR count). The molecule has 0 spiro atoms. The van der Waals surface area contributed by atoms with Crippen LogP contribution in [0.25, 0.3) is 0 Å². The number of aliphatic hydroxyl groups is 1. The van der Waals surface area contributed by atoms with Crippen LogP contribution < -0.4 is 10.6 Å². The molecule has 0 aromatic carbocycles. The van der Waals surface area contributed by atoms with Gasteiger partial charge in [-0.1, -0.05) is 0 Å². The van der Waals surface area contributed by atoms with Crippen molar-refractivity contribution in [1.82, 2.24) is 14.9 Å². The number of hydrogen-bond acceptors (Lipinski definition) is 6. The van der Waals surface area contributed by atoms with Gasteiger partial charge in [0.1, 0.15) is 11.5 Å². The summed E-state index contributed by atoms with van der Waals surface area (Å²) in [5.74, 6) is 0.0113. The summed E-state index contributed by atoms with van der Waals surface area (Å²) in [5.41, 5.74) is 5.37. The standard InChI is InChI=1S/C13H19N5O2/c14-13(20)9-5-15-6-12(16-9)18-7-10(11(19)8-18)17-3-1-2-4-17/h5-6,10-11,19H,1-4,7-8H2,(H2,14,20)/t10-,11-/m0/s1. The number of nitrogens with two attached hydrogens (primary N) is 1. The molecule has 1 aromatic rings. The number of aliphatic hydroxyl groups excluding tert-OH is 1. The predicted molar refractivity (Wildman–Crippen MR) is 73.4 cm³/mol. The number of anilines is 1. The third-order valence-electron chi connectivity index (χ3n) is 4.07. The molecule has 0 aliphatic carbocycles. The summed E-state index contributed by atoms with van der Waals surface area (Å²) in [6, 6.07) is 0.136. The van der Waals surface area contributed by atoms with Gasteiger partial charge in [0.05, 0.1) is 24.5 Å². The number of aromatic nitrogens is 2. The van der Waals surface area contributed by atoms with Crippen LogP contribution in [0.3, 0.4) is 0 Å². The molecule has 7 heteroatoms. The van der Waals surface area contributed by atoms with Crippen LogP contribution in [0.2, 0.25) is 0 Å². The Labute approximate surface area is 117 Å². The van der Waals surface area contributed by atoms with Gasteiger partial charge in [0, 0.05) is 13.1 Å². The van der Waals surface area contributed by atoms with E-state index in [9.17, 15) is 9.90 Å². The van der Waals surface area contributed by atoms with Crippen LogP contribution in [0.5, 0.6) is 0 Å². The van der Waals surface area contributed by atoms with E-state index >= 15 is 0 Å². The van der Waals surface area contributed by atoms with Gasteiger partial charge in [-0.2, -0.15) is 0 Å². The molecule has 108 valence electrons. The lowest BCUT2D eigenvalue weighted by Crippen LogP contribution is -2.41. The molecule has 0 saturated carbocycles. The van der Waals surface area contributed by atoms with Gasteiger partial charge in [-0.3, -0.25) is 14.7 Å². The van der Waals surface area contributed by atoms with Gasteiger partial charge in [0.2, 0.25) is 0 Å². The summed E-state index contributed by atoms with van der Waals surface area (Å²) in [6.45, 7) is 3.31. The van der Waals surface area contributed by atoms with E-state index in [1.165, 1.54) is 19.0 Å². The molecule has 0 unspecified atom stereocenters. The Morgan fingerprint density at radius 1 is 1.30 bits per heavy atom. The minimum absolute atomic E-state index is 0.136. The highest BCUT2D eigenvalue weighted by atomic mass is 16.3. The van der Waals surface area contributed by atoms with Crippen molar-refractivity contribution in [3.8, 4) is 0 Å². The third kappa shape index (κ3) is 2.46. The number of carbonyl (C=O) groups excluding carboxylic acids is 1. The number of likely N-dealkylation sites (tertiary alicyclic amines) is 1. The predicted octanol–water partition coefficient (Wildman–Crippen LogP) is -0.779. The number of nitrogens with zero attached hydrogens (tertiary/aromatic N) is 4. The van der Waals surface area contributed by atoms with Crippen molar-refractivity contribution in [2.75, 3.05) is 31.1 Å². The van der Waals surface area contributed by atoms with Crippen LogP contribution in [-0.2, 0) is 0 Å². The van der Waals surface area contributed by atoms with E-state index in [4.69, 9.17) is 5.73 Å². The molecule has 3 N–H and O–H groups in total. The van der Waals surface area contributed by atoms with Crippen molar-refractivity contribution < 1.29 is 9.90 Å². The zero-order valence-corrected chi connectivity index (χ0v) is 11.3. The molecule has 2 aliphatic rings. The Balaban J connectivity index is 1.75. The van der Waals surface area contributed by atoms with Gasteiger partial charge < -0.3 is 15.7 Å². The second-order valence-corrected chi connectivity index (χ2v) is 5.41. The first-order valence-electron chi connectivity index (χ1n) is 6.94. The third-order valence-corrected chi connectivity index (χ3v) is 4.07. The van der Waals surface area contributed by atoms with E-state index in [0.717, 1.165) is 13.1 Å². The van der Waals surface area contributed by atoms with Crippen molar-refractivity contribution >= 4 is 11.7 Å². The maximum Gasteiger partial charge on any atom is 0.268 e. The second-order valence-electron chi connectivity index (χ2n) is 5.41. The lowest BCUT2D eigenvalue weighted by molar-refractivity contribution is 0.0985. The minimum atomic E-state index is -0.588. The van der Waals surface area contributed by atoms with E-state index < -0.39 is 12.0 Å². The van der Waals surface area contributed by atoms with Crippen molar-refractivity contribution in [2.45, 2.75) is 25.0 Å². The highest BCUT2D eigenvalue weighted by Gasteiger charge is 2.37. The SMILES string of the molecule is NC(=O)c1cncc(N2C[C@H](O)[C@@H](N3CCCC3)C2)n1. The molecule has 2 fully saturated rings. The fourth-order valence-electron chi connectivity index (χ4n) is 3.02. The van der Waals surface area contributed by atoms with Gasteiger partial charge in [0.15, 0.2) is 0 Å². The minimum Gasteiger partial charge on any atom is -0.390 e. The Morgan fingerprint density at radius 2 is 2.05 bits per heavy atom. The fourth-order valence-corrected chi connectivity index (χ4v) is 3.02. The molecule has 1 amide bonds. The highest BCUT2D eigenvalue weighted by molar-refractivity contribution is 5.90. The smallest absolute Gasteiger partial charge is 0.268 e. The molecule has 0 bridgehead atoms. The molecular weight excluding hydrogens is 258 g/mol. The zero-order valence-electron chi connectivity index (χ0n) is 11.3. The molecule has 2 aliphatic heterocycles. The molecular formula is C13H19N5O2. The monoisotopic (exact) mass is 277 g/mol. The first-order valence-corrected chi connectivity index (χ1v) is 6.94. The lowest BCUT2D eigenvalue weighted by atomic mass is 10.2. The fraction of sp³-hybridized carbons (Fsp3) is 0.615.